The maximum absolute atomic E-state index is 13.0. The number of aromatic nitrogens is 2. The molecule has 0 radical (unpaired) electrons. The average Bonchev–Trinajstić information content (AvgIpc) is 2.75. The fourth-order valence-electron chi connectivity index (χ4n) is 3.93. The van der Waals surface area contributed by atoms with Crippen LogP contribution in [0.2, 0.25) is 0 Å². The number of carbonyl (C=O) groups is 1. The monoisotopic (exact) mass is 374 g/mol. The summed E-state index contributed by atoms with van der Waals surface area (Å²) < 4.78 is 0. The Bertz CT molecular complexity index is 957. The van der Waals surface area contributed by atoms with E-state index in [2.05, 4.69) is 22.1 Å². The second-order valence-electron chi connectivity index (χ2n) is 7.44. The van der Waals surface area contributed by atoms with Crippen molar-refractivity contribution >= 4 is 16.8 Å². The number of pyridine rings is 2. The maximum atomic E-state index is 13.0. The van der Waals surface area contributed by atoms with Gasteiger partial charge in [0.1, 0.15) is 0 Å². The molecule has 1 amide bonds. The van der Waals surface area contributed by atoms with E-state index in [1.807, 2.05) is 42.5 Å². The van der Waals surface area contributed by atoms with Gasteiger partial charge in [-0.3, -0.25) is 14.7 Å². The minimum atomic E-state index is -0.0430. The molecule has 1 aromatic carbocycles. The van der Waals surface area contributed by atoms with Crippen LogP contribution in [0.1, 0.15) is 36.5 Å². The SMILES string of the molecule is CC1CCCCN1CCNC(=O)c1cc(-c2ccncc2)nc2ccccc12. The Balaban J connectivity index is 1.55. The number of carbonyl (C=O) groups excluding carboxylic acids is 1. The maximum Gasteiger partial charge on any atom is 0.252 e. The van der Waals surface area contributed by atoms with Gasteiger partial charge in [-0.2, -0.15) is 0 Å². The number of benzene rings is 1. The first-order chi connectivity index (χ1) is 13.7. The number of para-hydroxylation sites is 1. The van der Waals surface area contributed by atoms with Crippen molar-refractivity contribution in [3.05, 3.63) is 60.4 Å². The van der Waals surface area contributed by atoms with Crippen molar-refractivity contribution in [3.63, 3.8) is 0 Å². The summed E-state index contributed by atoms with van der Waals surface area (Å²) in [5.74, 6) is -0.0430. The van der Waals surface area contributed by atoms with Crippen molar-refractivity contribution < 1.29 is 4.79 Å². The summed E-state index contributed by atoms with van der Waals surface area (Å²) in [4.78, 5) is 24.3. The highest BCUT2D eigenvalue weighted by atomic mass is 16.1. The van der Waals surface area contributed by atoms with Crippen LogP contribution >= 0.6 is 0 Å². The van der Waals surface area contributed by atoms with E-state index in [0.717, 1.165) is 35.2 Å². The van der Waals surface area contributed by atoms with E-state index in [1.165, 1.54) is 19.3 Å². The van der Waals surface area contributed by atoms with Crippen LogP contribution in [0.25, 0.3) is 22.2 Å². The van der Waals surface area contributed by atoms with Crippen molar-refractivity contribution in [2.75, 3.05) is 19.6 Å². The Morgan fingerprint density at radius 1 is 1.18 bits per heavy atom. The molecule has 1 unspecified atom stereocenters. The fourth-order valence-corrected chi connectivity index (χ4v) is 3.93. The molecule has 4 rings (SSSR count). The molecular weight excluding hydrogens is 348 g/mol. The van der Waals surface area contributed by atoms with Gasteiger partial charge in [-0.1, -0.05) is 24.6 Å². The molecule has 5 nitrogen and oxygen atoms in total. The highest BCUT2D eigenvalue weighted by Crippen LogP contribution is 2.24. The zero-order chi connectivity index (χ0) is 19.3. The second kappa shape index (κ2) is 8.48. The van der Waals surface area contributed by atoms with Crippen molar-refractivity contribution in [1.82, 2.24) is 20.2 Å². The average molecular weight is 374 g/mol. The van der Waals surface area contributed by atoms with E-state index < -0.39 is 0 Å². The Labute approximate surface area is 165 Å². The first-order valence-corrected chi connectivity index (χ1v) is 10.0. The summed E-state index contributed by atoms with van der Waals surface area (Å²) in [5, 5.41) is 4.00. The van der Waals surface area contributed by atoms with Crippen LogP contribution in [-0.4, -0.2) is 46.5 Å². The fraction of sp³-hybridized carbons (Fsp3) is 0.348. The molecule has 1 aliphatic heterocycles. The van der Waals surface area contributed by atoms with Crippen LogP contribution in [0.5, 0.6) is 0 Å². The topological polar surface area (TPSA) is 58.1 Å². The number of hydrogen-bond donors (Lipinski definition) is 1. The molecule has 1 atom stereocenters. The predicted octanol–water partition coefficient (Wildman–Crippen LogP) is 3.90. The molecule has 1 aliphatic rings. The summed E-state index contributed by atoms with van der Waals surface area (Å²) in [7, 11) is 0. The highest BCUT2D eigenvalue weighted by Gasteiger charge is 2.18. The highest BCUT2D eigenvalue weighted by molar-refractivity contribution is 6.07. The molecule has 0 saturated carbocycles. The summed E-state index contributed by atoms with van der Waals surface area (Å²) in [5.41, 5.74) is 3.24. The van der Waals surface area contributed by atoms with E-state index in [-0.39, 0.29) is 5.91 Å². The van der Waals surface area contributed by atoms with Gasteiger partial charge >= 0.3 is 0 Å². The van der Waals surface area contributed by atoms with Gasteiger partial charge in [-0.25, -0.2) is 4.98 Å². The van der Waals surface area contributed by atoms with Gasteiger partial charge in [0, 0.05) is 42.5 Å². The van der Waals surface area contributed by atoms with Gasteiger partial charge in [-0.15, -0.1) is 0 Å². The number of hydrogen-bond acceptors (Lipinski definition) is 4. The van der Waals surface area contributed by atoms with E-state index in [1.54, 1.807) is 12.4 Å². The lowest BCUT2D eigenvalue weighted by atomic mass is 10.0. The summed E-state index contributed by atoms with van der Waals surface area (Å²) in [6.07, 6.45) is 7.29. The molecule has 144 valence electrons. The molecule has 28 heavy (non-hydrogen) atoms. The minimum absolute atomic E-state index is 0.0430. The molecule has 3 aromatic rings. The van der Waals surface area contributed by atoms with Crippen molar-refractivity contribution in [2.45, 2.75) is 32.2 Å². The second-order valence-corrected chi connectivity index (χ2v) is 7.44. The Hall–Kier alpha value is -2.79. The number of amides is 1. The van der Waals surface area contributed by atoms with Gasteiger partial charge in [0.25, 0.3) is 5.91 Å². The van der Waals surface area contributed by atoms with Gasteiger partial charge in [0.2, 0.25) is 0 Å². The van der Waals surface area contributed by atoms with Crippen LogP contribution in [0.4, 0.5) is 0 Å². The molecule has 3 heterocycles. The summed E-state index contributed by atoms with van der Waals surface area (Å²) in [6.45, 7) is 4.96. The number of rotatable bonds is 5. The molecule has 1 fully saturated rings. The zero-order valence-corrected chi connectivity index (χ0v) is 16.3. The number of nitrogens with one attached hydrogen (secondary N) is 1. The third kappa shape index (κ3) is 4.04. The summed E-state index contributed by atoms with van der Waals surface area (Å²) >= 11 is 0. The molecule has 2 aromatic heterocycles. The first-order valence-electron chi connectivity index (χ1n) is 10.0. The Kier molecular flexibility index (Phi) is 5.63. The lowest BCUT2D eigenvalue weighted by molar-refractivity contribution is 0.0940. The Morgan fingerprint density at radius 3 is 2.82 bits per heavy atom. The van der Waals surface area contributed by atoms with Gasteiger partial charge in [0.05, 0.1) is 16.8 Å². The molecule has 0 spiro atoms. The molecule has 1 N–H and O–H groups in total. The lowest BCUT2D eigenvalue weighted by Gasteiger charge is -2.33. The lowest BCUT2D eigenvalue weighted by Crippen LogP contribution is -2.42. The standard InChI is InChI=1S/C23H26N4O/c1-17-6-4-5-14-27(17)15-13-25-23(28)20-16-22(18-9-11-24-12-10-18)26-21-8-3-2-7-19(20)21/h2-3,7-12,16-17H,4-6,13-15H2,1H3,(H,25,28). The third-order valence-corrected chi connectivity index (χ3v) is 5.56. The molecule has 1 saturated heterocycles. The van der Waals surface area contributed by atoms with E-state index in [0.29, 0.717) is 18.2 Å². The molecular formula is C23H26N4O. The van der Waals surface area contributed by atoms with Gasteiger partial charge in [0.15, 0.2) is 0 Å². The largest absolute Gasteiger partial charge is 0.351 e. The van der Waals surface area contributed by atoms with Crippen LogP contribution in [0, 0.1) is 0 Å². The quantitative estimate of drug-likeness (QED) is 0.736. The smallest absolute Gasteiger partial charge is 0.252 e. The third-order valence-electron chi connectivity index (χ3n) is 5.56. The van der Waals surface area contributed by atoms with Crippen LogP contribution in [0.15, 0.2) is 54.9 Å². The van der Waals surface area contributed by atoms with Crippen molar-refractivity contribution in [3.8, 4) is 11.3 Å². The summed E-state index contributed by atoms with van der Waals surface area (Å²) in [6, 6.07) is 14.1. The zero-order valence-electron chi connectivity index (χ0n) is 16.3. The first kappa shape index (κ1) is 18.6. The van der Waals surface area contributed by atoms with Gasteiger partial charge in [-0.05, 0) is 50.6 Å². The number of likely N-dealkylation sites (tertiary alicyclic amines) is 1. The van der Waals surface area contributed by atoms with Crippen LogP contribution in [0.3, 0.4) is 0 Å². The number of fused-ring (bicyclic) bond motifs is 1. The van der Waals surface area contributed by atoms with Crippen LogP contribution < -0.4 is 5.32 Å². The molecule has 0 bridgehead atoms. The predicted molar refractivity (Wildman–Crippen MR) is 112 cm³/mol. The van der Waals surface area contributed by atoms with Crippen LogP contribution in [-0.2, 0) is 0 Å². The number of nitrogens with zero attached hydrogens (tertiary/aromatic N) is 3. The minimum Gasteiger partial charge on any atom is -0.351 e. The van der Waals surface area contributed by atoms with Crippen molar-refractivity contribution in [1.29, 1.82) is 0 Å². The van der Waals surface area contributed by atoms with Gasteiger partial charge < -0.3 is 5.32 Å². The molecule has 0 aliphatic carbocycles. The molecule has 5 heteroatoms. The van der Waals surface area contributed by atoms with E-state index >= 15 is 0 Å². The van der Waals surface area contributed by atoms with E-state index in [4.69, 9.17) is 4.98 Å². The number of piperidine rings is 1. The van der Waals surface area contributed by atoms with Crippen molar-refractivity contribution in [2.24, 2.45) is 0 Å². The normalized spacial score (nSPS) is 17.5. The Morgan fingerprint density at radius 2 is 2.00 bits per heavy atom. The van der Waals surface area contributed by atoms with E-state index in [9.17, 15) is 4.79 Å².